The van der Waals surface area contributed by atoms with Gasteiger partial charge in [-0.2, -0.15) is 18.3 Å². The fourth-order valence-electron chi connectivity index (χ4n) is 3.14. The van der Waals surface area contributed by atoms with E-state index < -0.39 is 30.4 Å². The van der Waals surface area contributed by atoms with E-state index >= 15 is 0 Å². The van der Waals surface area contributed by atoms with Crippen molar-refractivity contribution >= 4 is 16.7 Å². The van der Waals surface area contributed by atoms with Gasteiger partial charge >= 0.3 is 12.1 Å². The number of carbonyl (C=O) groups is 1. The van der Waals surface area contributed by atoms with Crippen LogP contribution in [0.5, 0.6) is 5.75 Å². The number of methoxy groups -OCH3 is 1. The van der Waals surface area contributed by atoms with Gasteiger partial charge in [-0.05, 0) is 29.3 Å². The van der Waals surface area contributed by atoms with E-state index in [0.717, 1.165) is 16.3 Å². The van der Waals surface area contributed by atoms with Crippen LogP contribution in [0.3, 0.4) is 0 Å². The van der Waals surface area contributed by atoms with E-state index in [0.29, 0.717) is 11.8 Å². The van der Waals surface area contributed by atoms with Crippen molar-refractivity contribution in [1.29, 1.82) is 0 Å². The number of benzene rings is 2. The molecular formula is C22H19F3N2O5. The molecule has 1 aromatic heterocycles. The van der Waals surface area contributed by atoms with Gasteiger partial charge in [-0.3, -0.25) is 4.79 Å². The predicted molar refractivity (Wildman–Crippen MR) is 110 cm³/mol. The Morgan fingerprint density at radius 1 is 1.19 bits per heavy atom. The maximum atomic E-state index is 13.7. The number of alkyl halides is 3. The number of carboxylic acid groups (broad SMARTS) is 1. The quantitative estimate of drug-likeness (QED) is 0.529. The van der Waals surface area contributed by atoms with Crippen LogP contribution < -0.4 is 10.3 Å². The van der Waals surface area contributed by atoms with Gasteiger partial charge in [0.1, 0.15) is 5.75 Å². The Labute approximate surface area is 180 Å². The van der Waals surface area contributed by atoms with E-state index in [1.54, 1.807) is 24.3 Å². The van der Waals surface area contributed by atoms with Crippen molar-refractivity contribution in [3.8, 4) is 5.75 Å². The monoisotopic (exact) mass is 448 g/mol. The van der Waals surface area contributed by atoms with Crippen LogP contribution >= 0.6 is 0 Å². The molecule has 0 radical (unpaired) electrons. The first kappa shape index (κ1) is 23.0. The number of nitrogens with zero attached hydrogens (tertiary/aromatic N) is 2. The molecule has 10 heteroatoms. The Balaban J connectivity index is 1.96. The number of carboxylic acids is 1. The van der Waals surface area contributed by atoms with Crippen molar-refractivity contribution in [1.82, 2.24) is 9.78 Å². The Morgan fingerprint density at radius 2 is 1.91 bits per heavy atom. The summed E-state index contributed by atoms with van der Waals surface area (Å²) in [7, 11) is 1.53. The standard InChI is InChI=1S/C22H19F3N2O5/c1-31-15-9-7-14(8-10-15)13-27-21(30)17-5-2-4-16(18(17)12-26-27)20(22(23,24)25)32-11-3-6-19(28)29/h2-10,12,20H,11,13H2,1H3,(H,28,29)/b6-3+. The second-order valence-corrected chi connectivity index (χ2v) is 6.76. The molecule has 7 nitrogen and oxygen atoms in total. The minimum absolute atomic E-state index is 0.00743. The smallest absolute Gasteiger partial charge is 0.418 e. The van der Waals surface area contributed by atoms with Crippen LogP contribution in [-0.2, 0) is 16.1 Å². The van der Waals surface area contributed by atoms with Gasteiger partial charge in [-0.15, -0.1) is 0 Å². The van der Waals surface area contributed by atoms with Gasteiger partial charge in [0.15, 0.2) is 6.10 Å². The first-order valence-corrected chi connectivity index (χ1v) is 9.40. The lowest BCUT2D eigenvalue weighted by Gasteiger charge is -2.22. The first-order valence-electron chi connectivity index (χ1n) is 9.40. The second kappa shape index (κ2) is 9.65. The van der Waals surface area contributed by atoms with Crippen molar-refractivity contribution in [2.24, 2.45) is 0 Å². The molecule has 3 rings (SSSR count). The number of hydrogen-bond acceptors (Lipinski definition) is 5. The molecule has 0 saturated heterocycles. The topological polar surface area (TPSA) is 90.7 Å². The van der Waals surface area contributed by atoms with Crippen LogP contribution in [0.2, 0.25) is 0 Å². The first-order chi connectivity index (χ1) is 15.2. The lowest BCUT2D eigenvalue weighted by atomic mass is 10.0. The number of halogens is 3. The van der Waals surface area contributed by atoms with Gasteiger partial charge in [0, 0.05) is 11.5 Å². The highest BCUT2D eigenvalue weighted by atomic mass is 19.4. The van der Waals surface area contributed by atoms with E-state index in [4.69, 9.17) is 14.6 Å². The molecule has 0 aliphatic heterocycles. The minimum atomic E-state index is -4.79. The maximum Gasteiger partial charge on any atom is 0.418 e. The summed E-state index contributed by atoms with van der Waals surface area (Å²) in [5.74, 6) is -0.655. The van der Waals surface area contributed by atoms with Crippen molar-refractivity contribution in [2.45, 2.75) is 18.8 Å². The molecule has 0 spiro atoms. The fraction of sp³-hybridized carbons (Fsp3) is 0.227. The van der Waals surface area contributed by atoms with Crippen LogP contribution in [0.15, 0.2) is 65.6 Å². The van der Waals surface area contributed by atoms with Gasteiger partial charge in [0.25, 0.3) is 5.56 Å². The zero-order valence-corrected chi connectivity index (χ0v) is 16.9. The fourth-order valence-corrected chi connectivity index (χ4v) is 3.14. The lowest BCUT2D eigenvalue weighted by Crippen LogP contribution is -2.26. The number of aromatic nitrogens is 2. The summed E-state index contributed by atoms with van der Waals surface area (Å²) >= 11 is 0. The molecular weight excluding hydrogens is 429 g/mol. The van der Waals surface area contributed by atoms with E-state index in [9.17, 15) is 22.8 Å². The molecule has 0 amide bonds. The van der Waals surface area contributed by atoms with Crippen molar-refractivity contribution in [3.05, 3.63) is 82.3 Å². The third-order valence-electron chi connectivity index (χ3n) is 4.62. The molecule has 0 aliphatic rings. The minimum Gasteiger partial charge on any atom is -0.497 e. The Morgan fingerprint density at radius 3 is 2.53 bits per heavy atom. The molecule has 32 heavy (non-hydrogen) atoms. The zero-order chi connectivity index (χ0) is 23.3. The highest BCUT2D eigenvalue weighted by Crippen LogP contribution is 2.38. The summed E-state index contributed by atoms with van der Waals surface area (Å²) < 4.78 is 52.2. The van der Waals surface area contributed by atoms with Gasteiger partial charge in [0.05, 0.1) is 31.8 Å². The molecule has 0 saturated carbocycles. The number of rotatable bonds is 8. The van der Waals surface area contributed by atoms with Crippen molar-refractivity contribution in [3.63, 3.8) is 0 Å². The number of hydrogen-bond donors (Lipinski definition) is 1. The molecule has 1 heterocycles. The molecule has 1 atom stereocenters. The molecule has 0 fully saturated rings. The summed E-state index contributed by atoms with van der Waals surface area (Å²) in [4.78, 5) is 23.4. The van der Waals surface area contributed by atoms with E-state index in [1.807, 2.05) is 0 Å². The molecule has 0 aliphatic carbocycles. The lowest BCUT2D eigenvalue weighted by molar-refractivity contribution is -0.220. The van der Waals surface area contributed by atoms with E-state index in [1.165, 1.54) is 31.5 Å². The highest BCUT2D eigenvalue weighted by molar-refractivity contribution is 5.84. The number of aliphatic carboxylic acids is 1. The maximum absolute atomic E-state index is 13.7. The summed E-state index contributed by atoms with van der Waals surface area (Å²) in [6, 6.07) is 10.9. The highest BCUT2D eigenvalue weighted by Gasteiger charge is 2.42. The Kier molecular flexibility index (Phi) is 6.94. The molecule has 3 aromatic rings. The normalized spacial score (nSPS) is 12.9. The molecule has 2 aromatic carbocycles. The molecule has 1 N–H and O–H groups in total. The van der Waals surface area contributed by atoms with Crippen molar-refractivity contribution in [2.75, 3.05) is 13.7 Å². The van der Waals surface area contributed by atoms with E-state index in [2.05, 4.69) is 5.10 Å². The van der Waals surface area contributed by atoms with Crippen molar-refractivity contribution < 1.29 is 32.5 Å². The average molecular weight is 448 g/mol. The molecule has 1 unspecified atom stereocenters. The van der Waals surface area contributed by atoms with Crippen LogP contribution in [0.1, 0.15) is 17.2 Å². The largest absolute Gasteiger partial charge is 0.497 e. The van der Waals surface area contributed by atoms with E-state index in [-0.39, 0.29) is 22.9 Å². The zero-order valence-electron chi connectivity index (χ0n) is 16.9. The van der Waals surface area contributed by atoms with Crippen LogP contribution in [0, 0.1) is 0 Å². The second-order valence-electron chi connectivity index (χ2n) is 6.76. The van der Waals surface area contributed by atoms with Gasteiger partial charge in [-0.1, -0.05) is 30.3 Å². The van der Waals surface area contributed by atoms with Gasteiger partial charge < -0.3 is 14.6 Å². The van der Waals surface area contributed by atoms with Gasteiger partial charge in [-0.25, -0.2) is 9.48 Å². The SMILES string of the molecule is COc1ccc(Cn2ncc3c(C(OC/C=C/C(=O)O)C(F)(F)F)cccc3c2=O)cc1. The summed E-state index contributed by atoms with van der Waals surface area (Å²) in [5, 5.41) is 12.7. The van der Waals surface area contributed by atoms with Crippen LogP contribution in [-0.4, -0.2) is 40.7 Å². The summed E-state index contributed by atoms with van der Waals surface area (Å²) in [5.41, 5.74) is -0.0654. The number of fused-ring (bicyclic) bond motifs is 1. The Hall–Kier alpha value is -3.66. The third kappa shape index (κ3) is 5.33. The predicted octanol–water partition coefficient (Wildman–Crippen LogP) is 3.71. The van der Waals surface area contributed by atoms with Crippen LogP contribution in [0.25, 0.3) is 10.8 Å². The summed E-state index contributed by atoms with van der Waals surface area (Å²) in [6.07, 6.45) is -4.29. The molecule has 0 bridgehead atoms. The van der Waals surface area contributed by atoms with Gasteiger partial charge in [0.2, 0.25) is 0 Å². The third-order valence-corrected chi connectivity index (χ3v) is 4.62. The summed E-state index contributed by atoms with van der Waals surface area (Å²) in [6.45, 7) is -0.447. The number of ether oxygens (including phenoxy) is 2. The Bertz CT molecular complexity index is 1190. The average Bonchev–Trinajstić information content (AvgIpc) is 2.75. The molecule has 168 valence electrons. The van der Waals surface area contributed by atoms with Crippen LogP contribution in [0.4, 0.5) is 13.2 Å².